The van der Waals surface area contributed by atoms with Gasteiger partial charge in [-0.05, 0) is 19.8 Å². The molecule has 1 heterocycles. The van der Waals surface area contributed by atoms with Crippen molar-refractivity contribution in [3.63, 3.8) is 0 Å². The summed E-state index contributed by atoms with van der Waals surface area (Å²) in [5, 5.41) is 11.7. The molecule has 0 aliphatic heterocycles. The topological polar surface area (TPSA) is 67.3 Å². The van der Waals surface area contributed by atoms with Crippen molar-refractivity contribution in [2.75, 3.05) is 25.1 Å². The predicted octanol–water partition coefficient (Wildman–Crippen LogP) is 1.06. The molecule has 1 aromatic heterocycles. The summed E-state index contributed by atoms with van der Waals surface area (Å²) in [5.41, 5.74) is 0. The number of unbranched alkanes of at least 4 members (excludes halogenated alkanes) is 1. The Bertz CT molecular complexity index is 281. The lowest BCUT2D eigenvalue weighted by atomic mass is 10.3. The summed E-state index contributed by atoms with van der Waals surface area (Å²) in [5.74, 6) is 1.15. The molecule has 0 aliphatic carbocycles. The molecule has 0 amide bonds. The number of nitrogens with one attached hydrogen (secondary N) is 1. The Hall–Kier alpha value is -1.36. The molecule has 0 saturated heterocycles. The third-order valence-electron chi connectivity index (χ3n) is 1.79. The Morgan fingerprint density at radius 2 is 2.33 bits per heavy atom. The van der Waals surface area contributed by atoms with Crippen molar-refractivity contribution in [2.45, 2.75) is 19.8 Å². The molecule has 0 aromatic carbocycles. The SMILES string of the molecule is CCOc1ccnc(NCCCCO)n1. The summed E-state index contributed by atoms with van der Waals surface area (Å²) < 4.78 is 5.24. The number of aliphatic hydroxyl groups is 1. The molecule has 15 heavy (non-hydrogen) atoms. The van der Waals surface area contributed by atoms with Gasteiger partial charge in [0.2, 0.25) is 11.8 Å². The molecule has 5 heteroatoms. The van der Waals surface area contributed by atoms with Gasteiger partial charge in [-0.1, -0.05) is 0 Å². The first-order chi connectivity index (χ1) is 7.36. The molecule has 0 bridgehead atoms. The second-order valence-corrected chi connectivity index (χ2v) is 3.01. The van der Waals surface area contributed by atoms with Crippen LogP contribution in [0.4, 0.5) is 5.95 Å². The van der Waals surface area contributed by atoms with E-state index in [2.05, 4.69) is 15.3 Å². The van der Waals surface area contributed by atoms with Crippen LogP contribution in [-0.2, 0) is 0 Å². The molecule has 84 valence electrons. The highest BCUT2D eigenvalue weighted by Crippen LogP contribution is 2.07. The molecule has 0 spiro atoms. The van der Waals surface area contributed by atoms with Gasteiger partial charge in [0.05, 0.1) is 6.61 Å². The van der Waals surface area contributed by atoms with E-state index in [9.17, 15) is 0 Å². The molecule has 0 atom stereocenters. The average Bonchev–Trinajstić information content (AvgIpc) is 2.26. The predicted molar refractivity (Wildman–Crippen MR) is 58.0 cm³/mol. The van der Waals surface area contributed by atoms with Gasteiger partial charge in [-0.15, -0.1) is 0 Å². The Kier molecular flexibility index (Phi) is 5.47. The van der Waals surface area contributed by atoms with Crippen LogP contribution in [-0.4, -0.2) is 34.8 Å². The molecule has 1 rings (SSSR count). The van der Waals surface area contributed by atoms with Gasteiger partial charge in [-0.2, -0.15) is 4.98 Å². The molecule has 1 aromatic rings. The first kappa shape index (κ1) is 11.7. The summed E-state index contributed by atoms with van der Waals surface area (Å²) in [7, 11) is 0. The van der Waals surface area contributed by atoms with Gasteiger partial charge in [0.1, 0.15) is 0 Å². The fourth-order valence-electron chi connectivity index (χ4n) is 1.09. The maximum Gasteiger partial charge on any atom is 0.225 e. The summed E-state index contributed by atoms with van der Waals surface area (Å²) in [6.07, 6.45) is 3.35. The number of anilines is 1. The van der Waals surface area contributed by atoms with Crippen molar-refractivity contribution >= 4 is 5.95 Å². The Morgan fingerprint density at radius 1 is 1.47 bits per heavy atom. The maximum absolute atomic E-state index is 8.60. The lowest BCUT2D eigenvalue weighted by molar-refractivity contribution is 0.286. The van der Waals surface area contributed by atoms with Crippen molar-refractivity contribution < 1.29 is 9.84 Å². The molecule has 2 N–H and O–H groups in total. The van der Waals surface area contributed by atoms with Gasteiger partial charge in [-0.3, -0.25) is 0 Å². The van der Waals surface area contributed by atoms with Gasteiger partial charge in [0.15, 0.2) is 0 Å². The van der Waals surface area contributed by atoms with Crippen LogP contribution in [0.2, 0.25) is 0 Å². The molecular weight excluding hydrogens is 194 g/mol. The Balaban J connectivity index is 2.36. The zero-order valence-electron chi connectivity index (χ0n) is 8.94. The second kappa shape index (κ2) is 7.00. The van der Waals surface area contributed by atoms with E-state index in [0.29, 0.717) is 18.4 Å². The standard InChI is InChI=1S/C10H17N3O2/c1-2-15-9-5-7-12-10(13-9)11-6-3-4-8-14/h5,7,14H,2-4,6,8H2,1H3,(H,11,12,13). The van der Waals surface area contributed by atoms with E-state index in [-0.39, 0.29) is 6.61 Å². The first-order valence-electron chi connectivity index (χ1n) is 5.17. The minimum atomic E-state index is 0.224. The fourth-order valence-corrected chi connectivity index (χ4v) is 1.09. The van der Waals surface area contributed by atoms with Crippen LogP contribution >= 0.6 is 0 Å². The molecule has 5 nitrogen and oxygen atoms in total. The van der Waals surface area contributed by atoms with Gasteiger partial charge < -0.3 is 15.2 Å². The van der Waals surface area contributed by atoms with Gasteiger partial charge in [-0.25, -0.2) is 4.98 Å². The third kappa shape index (κ3) is 4.60. The van der Waals surface area contributed by atoms with Crippen LogP contribution in [0, 0.1) is 0 Å². The molecule has 0 unspecified atom stereocenters. The number of nitrogens with zero attached hydrogens (tertiary/aromatic N) is 2. The summed E-state index contributed by atoms with van der Waals surface area (Å²) >= 11 is 0. The van der Waals surface area contributed by atoms with Gasteiger partial charge in [0, 0.05) is 25.4 Å². The van der Waals surface area contributed by atoms with Crippen LogP contribution in [0.15, 0.2) is 12.3 Å². The minimum absolute atomic E-state index is 0.224. The number of aliphatic hydroxyl groups excluding tert-OH is 1. The number of hydrogen-bond acceptors (Lipinski definition) is 5. The van der Waals surface area contributed by atoms with Crippen LogP contribution in [0.3, 0.4) is 0 Å². The largest absolute Gasteiger partial charge is 0.478 e. The normalized spacial score (nSPS) is 10.0. The first-order valence-corrected chi connectivity index (χ1v) is 5.17. The smallest absolute Gasteiger partial charge is 0.225 e. The van der Waals surface area contributed by atoms with Gasteiger partial charge in [0.25, 0.3) is 0 Å². The third-order valence-corrected chi connectivity index (χ3v) is 1.79. The zero-order chi connectivity index (χ0) is 10.9. The van der Waals surface area contributed by atoms with E-state index in [0.717, 1.165) is 19.4 Å². The van der Waals surface area contributed by atoms with Crippen molar-refractivity contribution in [3.8, 4) is 5.88 Å². The lowest BCUT2D eigenvalue weighted by Crippen LogP contribution is -2.06. The maximum atomic E-state index is 8.60. The average molecular weight is 211 g/mol. The molecular formula is C10H17N3O2. The van der Waals surface area contributed by atoms with Gasteiger partial charge >= 0.3 is 0 Å². The van der Waals surface area contributed by atoms with E-state index < -0.39 is 0 Å². The van der Waals surface area contributed by atoms with E-state index in [4.69, 9.17) is 9.84 Å². The van der Waals surface area contributed by atoms with E-state index in [1.54, 1.807) is 12.3 Å². The number of ether oxygens (including phenoxy) is 1. The number of rotatable bonds is 7. The summed E-state index contributed by atoms with van der Waals surface area (Å²) in [6, 6.07) is 1.72. The highest BCUT2D eigenvalue weighted by Gasteiger charge is 1.98. The Labute approximate surface area is 89.5 Å². The summed E-state index contributed by atoms with van der Waals surface area (Å²) in [6.45, 7) is 3.50. The second-order valence-electron chi connectivity index (χ2n) is 3.01. The number of aromatic nitrogens is 2. The lowest BCUT2D eigenvalue weighted by Gasteiger charge is -2.05. The van der Waals surface area contributed by atoms with Crippen molar-refractivity contribution in [1.82, 2.24) is 9.97 Å². The molecule has 0 radical (unpaired) electrons. The minimum Gasteiger partial charge on any atom is -0.478 e. The zero-order valence-corrected chi connectivity index (χ0v) is 8.94. The van der Waals surface area contributed by atoms with Crippen LogP contribution in [0.5, 0.6) is 5.88 Å². The molecule has 0 saturated carbocycles. The summed E-state index contributed by atoms with van der Waals surface area (Å²) in [4.78, 5) is 8.21. The van der Waals surface area contributed by atoms with E-state index >= 15 is 0 Å². The number of hydrogen-bond donors (Lipinski definition) is 2. The van der Waals surface area contributed by atoms with Crippen molar-refractivity contribution in [2.24, 2.45) is 0 Å². The fraction of sp³-hybridized carbons (Fsp3) is 0.600. The highest BCUT2D eigenvalue weighted by molar-refractivity contribution is 5.27. The Morgan fingerprint density at radius 3 is 3.07 bits per heavy atom. The monoisotopic (exact) mass is 211 g/mol. The van der Waals surface area contributed by atoms with E-state index in [1.807, 2.05) is 6.92 Å². The van der Waals surface area contributed by atoms with Crippen LogP contribution in [0.25, 0.3) is 0 Å². The molecule has 0 aliphatic rings. The van der Waals surface area contributed by atoms with Crippen molar-refractivity contribution in [1.29, 1.82) is 0 Å². The van der Waals surface area contributed by atoms with Crippen LogP contribution < -0.4 is 10.1 Å². The molecule has 0 fully saturated rings. The quantitative estimate of drug-likeness (QED) is 0.660. The highest BCUT2D eigenvalue weighted by atomic mass is 16.5. The van der Waals surface area contributed by atoms with Crippen molar-refractivity contribution in [3.05, 3.63) is 12.3 Å². The van der Waals surface area contributed by atoms with E-state index in [1.165, 1.54) is 0 Å². The van der Waals surface area contributed by atoms with Crippen LogP contribution in [0.1, 0.15) is 19.8 Å².